The smallest absolute Gasteiger partial charge is 0.321 e. The Morgan fingerprint density at radius 1 is 1.07 bits per heavy atom. The summed E-state index contributed by atoms with van der Waals surface area (Å²) in [4.78, 5) is 23.5. The first kappa shape index (κ1) is 20.7. The third-order valence-electron chi connectivity index (χ3n) is 4.32. The minimum Gasteiger partial charge on any atom is -0.491 e. The van der Waals surface area contributed by atoms with Crippen molar-refractivity contribution in [1.29, 1.82) is 0 Å². The zero-order valence-electron chi connectivity index (χ0n) is 16.8. The molecule has 0 spiro atoms. The standard InChI is InChI=1S/C22H24N4O2S/c1-16-7-4-5-8-20(16)28-14-13-26(3)22(27)25-19-10-9-18(15-17(19)2)29-21-23-11-6-12-24-21/h4-12,15H,13-14H2,1-3H3,(H,25,27). The Morgan fingerprint density at radius 2 is 1.83 bits per heavy atom. The molecule has 0 saturated heterocycles. The van der Waals surface area contributed by atoms with Gasteiger partial charge in [0.15, 0.2) is 5.16 Å². The van der Waals surface area contributed by atoms with Crippen molar-refractivity contribution in [3.63, 3.8) is 0 Å². The van der Waals surface area contributed by atoms with Crippen LogP contribution >= 0.6 is 11.8 Å². The quantitative estimate of drug-likeness (QED) is 0.570. The van der Waals surface area contributed by atoms with Gasteiger partial charge in [0, 0.05) is 30.0 Å². The van der Waals surface area contributed by atoms with Crippen molar-refractivity contribution in [2.75, 3.05) is 25.5 Å². The Balaban J connectivity index is 1.52. The van der Waals surface area contributed by atoms with E-state index in [4.69, 9.17) is 4.74 Å². The molecule has 29 heavy (non-hydrogen) atoms. The second kappa shape index (κ2) is 9.93. The number of aromatic nitrogens is 2. The summed E-state index contributed by atoms with van der Waals surface area (Å²) in [7, 11) is 1.75. The van der Waals surface area contributed by atoms with Crippen molar-refractivity contribution < 1.29 is 9.53 Å². The minimum atomic E-state index is -0.173. The molecule has 150 valence electrons. The maximum absolute atomic E-state index is 12.5. The maximum atomic E-state index is 12.5. The van der Waals surface area contributed by atoms with E-state index in [2.05, 4.69) is 15.3 Å². The number of hydrogen-bond acceptors (Lipinski definition) is 5. The molecule has 0 saturated carbocycles. The van der Waals surface area contributed by atoms with Crippen LogP contribution in [0.25, 0.3) is 0 Å². The molecule has 3 aromatic rings. The number of likely N-dealkylation sites (N-methyl/N-ethyl adjacent to an activating group) is 1. The summed E-state index contributed by atoms with van der Waals surface area (Å²) in [6, 6.07) is 15.3. The van der Waals surface area contributed by atoms with Crippen LogP contribution in [-0.2, 0) is 0 Å². The van der Waals surface area contributed by atoms with Crippen LogP contribution in [-0.4, -0.2) is 41.1 Å². The van der Waals surface area contributed by atoms with E-state index in [1.165, 1.54) is 11.8 Å². The minimum absolute atomic E-state index is 0.173. The SMILES string of the molecule is Cc1cc(Sc2ncccn2)ccc1NC(=O)N(C)CCOc1ccccc1C. The lowest BCUT2D eigenvalue weighted by atomic mass is 10.2. The molecule has 0 aliphatic carbocycles. The Morgan fingerprint density at radius 3 is 2.55 bits per heavy atom. The molecule has 2 amide bonds. The average molecular weight is 409 g/mol. The van der Waals surface area contributed by atoms with E-state index in [0.29, 0.717) is 18.3 Å². The number of urea groups is 1. The van der Waals surface area contributed by atoms with Gasteiger partial charge >= 0.3 is 6.03 Å². The number of ether oxygens (including phenoxy) is 1. The monoisotopic (exact) mass is 408 g/mol. The van der Waals surface area contributed by atoms with Crippen molar-refractivity contribution in [2.45, 2.75) is 23.9 Å². The van der Waals surface area contributed by atoms with Gasteiger partial charge in [-0.2, -0.15) is 0 Å². The van der Waals surface area contributed by atoms with Crippen LogP contribution in [0.2, 0.25) is 0 Å². The summed E-state index contributed by atoms with van der Waals surface area (Å²) in [5, 5.41) is 3.64. The van der Waals surface area contributed by atoms with E-state index in [0.717, 1.165) is 27.5 Å². The summed E-state index contributed by atoms with van der Waals surface area (Å²) in [6.45, 7) is 4.88. The van der Waals surface area contributed by atoms with Crippen LogP contribution in [0.1, 0.15) is 11.1 Å². The van der Waals surface area contributed by atoms with Gasteiger partial charge in [-0.05, 0) is 67.1 Å². The van der Waals surface area contributed by atoms with Gasteiger partial charge in [0.2, 0.25) is 0 Å². The molecule has 3 rings (SSSR count). The molecule has 0 atom stereocenters. The normalized spacial score (nSPS) is 10.4. The first-order valence-electron chi connectivity index (χ1n) is 9.29. The number of nitrogens with zero attached hydrogens (tertiary/aromatic N) is 3. The molecule has 1 N–H and O–H groups in total. The Bertz CT molecular complexity index is 966. The molecule has 0 unspecified atom stereocenters. The van der Waals surface area contributed by atoms with Crippen molar-refractivity contribution >= 4 is 23.5 Å². The molecule has 1 aromatic heterocycles. The number of nitrogens with one attached hydrogen (secondary N) is 1. The molecule has 0 aliphatic rings. The Labute approximate surface area is 175 Å². The van der Waals surface area contributed by atoms with Gasteiger partial charge < -0.3 is 15.0 Å². The predicted octanol–water partition coefficient (Wildman–Crippen LogP) is 4.79. The molecule has 2 aromatic carbocycles. The largest absolute Gasteiger partial charge is 0.491 e. The molecule has 0 radical (unpaired) electrons. The van der Waals surface area contributed by atoms with E-state index < -0.39 is 0 Å². The van der Waals surface area contributed by atoms with Crippen LogP contribution in [0.3, 0.4) is 0 Å². The highest BCUT2D eigenvalue weighted by molar-refractivity contribution is 7.99. The number of hydrogen-bond donors (Lipinski definition) is 1. The van der Waals surface area contributed by atoms with Gasteiger partial charge in [-0.3, -0.25) is 0 Å². The van der Waals surface area contributed by atoms with Crippen LogP contribution in [0.4, 0.5) is 10.5 Å². The topological polar surface area (TPSA) is 67.4 Å². The zero-order valence-corrected chi connectivity index (χ0v) is 17.6. The summed E-state index contributed by atoms with van der Waals surface area (Å²) in [5.74, 6) is 0.840. The van der Waals surface area contributed by atoms with Crippen molar-refractivity contribution in [1.82, 2.24) is 14.9 Å². The number of aryl methyl sites for hydroxylation is 2. The number of carbonyl (C=O) groups is 1. The van der Waals surface area contributed by atoms with Gasteiger partial charge in [-0.15, -0.1) is 0 Å². The molecular weight excluding hydrogens is 384 g/mol. The molecule has 0 fully saturated rings. The second-order valence-corrected chi connectivity index (χ2v) is 7.62. The lowest BCUT2D eigenvalue weighted by molar-refractivity contribution is 0.207. The van der Waals surface area contributed by atoms with Gasteiger partial charge in [0.05, 0.1) is 6.54 Å². The van der Waals surface area contributed by atoms with Crippen LogP contribution in [0.15, 0.2) is 71.0 Å². The molecule has 0 aliphatic heterocycles. The van der Waals surface area contributed by atoms with Crippen molar-refractivity contribution in [3.05, 3.63) is 72.1 Å². The highest BCUT2D eigenvalue weighted by Crippen LogP contribution is 2.28. The fourth-order valence-corrected chi connectivity index (χ4v) is 3.42. The first-order valence-corrected chi connectivity index (χ1v) is 10.1. The number of para-hydroxylation sites is 1. The number of amides is 2. The van der Waals surface area contributed by atoms with E-state index >= 15 is 0 Å². The molecule has 7 heteroatoms. The van der Waals surface area contributed by atoms with Crippen molar-refractivity contribution in [2.24, 2.45) is 0 Å². The average Bonchev–Trinajstić information content (AvgIpc) is 2.72. The fourth-order valence-electron chi connectivity index (χ4n) is 2.61. The summed E-state index contributed by atoms with van der Waals surface area (Å²) >= 11 is 1.48. The van der Waals surface area contributed by atoms with Gasteiger partial charge in [0.1, 0.15) is 12.4 Å². The number of carbonyl (C=O) groups excluding carboxylic acids is 1. The van der Waals surface area contributed by atoms with Crippen molar-refractivity contribution in [3.8, 4) is 5.75 Å². The van der Waals surface area contributed by atoms with E-state index in [1.807, 2.05) is 56.3 Å². The van der Waals surface area contributed by atoms with Gasteiger partial charge in [-0.1, -0.05) is 18.2 Å². The van der Waals surface area contributed by atoms with E-state index in [9.17, 15) is 4.79 Å². The highest BCUT2D eigenvalue weighted by atomic mass is 32.2. The highest BCUT2D eigenvalue weighted by Gasteiger charge is 2.11. The number of anilines is 1. The van der Waals surface area contributed by atoms with E-state index in [-0.39, 0.29) is 6.03 Å². The Hall–Kier alpha value is -3.06. The summed E-state index contributed by atoms with van der Waals surface area (Å²) in [5.41, 5.74) is 2.83. The molecular formula is C22H24N4O2S. The molecule has 6 nitrogen and oxygen atoms in total. The maximum Gasteiger partial charge on any atom is 0.321 e. The molecule has 1 heterocycles. The van der Waals surface area contributed by atoms with Gasteiger partial charge in [0.25, 0.3) is 0 Å². The predicted molar refractivity (Wildman–Crippen MR) is 116 cm³/mol. The van der Waals surface area contributed by atoms with Crippen LogP contribution in [0.5, 0.6) is 5.75 Å². The van der Waals surface area contributed by atoms with Crippen LogP contribution < -0.4 is 10.1 Å². The van der Waals surface area contributed by atoms with E-state index in [1.54, 1.807) is 30.4 Å². The summed E-state index contributed by atoms with van der Waals surface area (Å²) < 4.78 is 5.77. The second-order valence-electron chi connectivity index (χ2n) is 6.58. The molecule has 0 bridgehead atoms. The lowest BCUT2D eigenvalue weighted by Gasteiger charge is -2.19. The van der Waals surface area contributed by atoms with Crippen LogP contribution in [0, 0.1) is 13.8 Å². The fraction of sp³-hybridized carbons (Fsp3) is 0.227. The first-order chi connectivity index (χ1) is 14.0. The third-order valence-corrected chi connectivity index (χ3v) is 5.20. The zero-order chi connectivity index (χ0) is 20.6. The number of rotatable bonds is 7. The lowest BCUT2D eigenvalue weighted by Crippen LogP contribution is -2.34. The van der Waals surface area contributed by atoms with Gasteiger partial charge in [-0.25, -0.2) is 14.8 Å². The Kier molecular flexibility index (Phi) is 7.08. The third kappa shape index (κ3) is 5.96. The number of benzene rings is 2. The summed E-state index contributed by atoms with van der Waals surface area (Å²) in [6.07, 6.45) is 3.44.